The molecule has 0 fully saturated rings. The fourth-order valence-corrected chi connectivity index (χ4v) is 2.30. The average molecular weight is 296 g/mol. The summed E-state index contributed by atoms with van der Waals surface area (Å²) in [6.45, 7) is 1.03. The topological polar surface area (TPSA) is 83.1 Å². The number of benzene rings is 1. The molecule has 1 aromatic carbocycles. The third-order valence-corrected chi connectivity index (χ3v) is 3.51. The number of hydrogen-bond acceptors (Lipinski definition) is 3. The number of anilines is 1. The Kier molecular flexibility index (Phi) is 4.00. The van der Waals surface area contributed by atoms with Crippen LogP contribution in [-0.4, -0.2) is 23.5 Å². The fraction of sp³-hybridized carbons (Fsp3) is 0.188. The molecule has 1 aliphatic rings. The Bertz CT molecular complexity index is 701. The van der Waals surface area contributed by atoms with E-state index in [1.165, 1.54) is 0 Å². The van der Waals surface area contributed by atoms with Crippen LogP contribution in [0, 0.1) is 0 Å². The molecule has 6 heteroatoms. The van der Waals surface area contributed by atoms with Crippen molar-refractivity contribution in [1.82, 2.24) is 15.6 Å². The van der Waals surface area contributed by atoms with Crippen molar-refractivity contribution in [3.63, 3.8) is 0 Å². The summed E-state index contributed by atoms with van der Waals surface area (Å²) in [4.78, 5) is 27.4. The Balaban J connectivity index is 1.60. The van der Waals surface area contributed by atoms with Crippen LogP contribution in [0.15, 0.2) is 42.7 Å². The van der Waals surface area contributed by atoms with Crippen LogP contribution in [0.25, 0.3) is 0 Å². The molecule has 1 aromatic heterocycles. The number of rotatable bonds is 4. The third kappa shape index (κ3) is 3.22. The molecule has 0 saturated heterocycles. The zero-order valence-corrected chi connectivity index (χ0v) is 11.9. The van der Waals surface area contributed by atoms with Gasteiger partial charge in [0.05, 0.1) is 0 Å². The Hall–Kier alpha value is -2.89. The van der Waals surface area contributed by atoms with Crippen molar-refractivity contribution in [1.29, 1.82) is 0 Å². The van der Waals surface area contributed by atoms with E-state index in [2.05, 4.69) is 20.9 Å². The quantitative estimate of drug-likeness (QED) is 0.803. The zero-order chi connectivity index (χ0) is 15.4. The molecule has 3 rings (SSSR count). The van der Waals surface area contributed by atoms with Gasteiger partial charge >= 0.3 is 6.03 Å². The largest absolute Gasteiger partial charge is 0.352 e. The number of fused-ring (bicyclic) bond motifs is 1. The number of pyridine rings is 1. The van der Waals surface area contributed by atoms with Crippen LogP contribution in [0.2, 0.25) is 0 Å². The second kappa shape index (κ2) is 6.26. The molecule has 0 saturated carbocycles. The van der Waals surface area contributed by atoms with E-state index >= 15 is 0 Å². The first-order valence-electron chi connectivity index (χ1n) is 7.07. The van der Waals surface area contributed by atoms with E-state index < -0.39 is 0 Å². The first-order chi connectivity index (χ1) is 10.7. The molecule has 0 spiro atoms. The van der Waals surface area contributed by atoms with Gasteiger partial charge in [0.25, 0.3) is 5.91 Å². The van der Waals surface area contributed by atoms with E-state index in [0.717, 1.165) is 17.5 Å². The Morgan fingerprint density at radius 1 is 1.23 bits per heavy atom. The van der Waals surface area contributed by atoms with Crippen molar-refractivity contribution in [2.24, 2.45) is 0 Å². The number of amides is 3. The molecule has 2 aromatic rings. The van der Waals surface area contributed by atoms with Crippen molar-refractivity contribution >= 4 is 17.6 Å². The van der Waals surface area contributed by atoms with Gasteiger partial charge in [-0.3, -0.25) is 9.78 Å². The van der Waals surface area contributed by atoms with E-state index in [-0.39, 0.29) is 11.9 Å². The van der Waals surface area contributed by atoms with Crippen molar-refractivity contribution in [3.05, 3.63) is 59.4 Å². The summed E-state index contributed by atoms with van der Waals surface area (Å²) >= 11 is 0. The second-order valence-corrected chi connectivity index (χ2v) is 5.04. The number of nitrogens with zero attached hydrogens (tertiary/aromatic N) is 1. The highest BCUT2D eigenvalue weighted by molar-refractivity contribution is 5.98. The normalized spacial score (nSPS) is 12.8. The van der Waals surface area contributed by atoms with E-state index in [1.807, 2.05) is 18.2 Å². The zero-order valence-electron chi connectivity index (χ0n) is 11.9. The van der Waals surface area contributed by atoms with Crippen LogP contribution in [-0.2, 0) is 13.0 Å². The van der Waals surface area contributed by atoms with Crippen molar-refractivity contribution in [3.8, 4) is 0 Å². The molecule has 0 aliphatic carbocycles. The Morgan fingerprint density at radius 2 is 2.05 bits per heavy atom. The highest BCUT2D eigenvalue weighted by Gasteiger charge is 2.15. The van der Waals surface area contributed by atoms with Crippen LogP contribution < -0.4 is 16.0 Å². The van der Waals surface area contributed by atoms with Crippen molar-refractivity contribution in [2.45, 2.75) is 13.0 Å². The minimum Gasteiger partial charge on any atom is -0.352 e. The van der Waals surface area contributed by atoms with Gasteiger partial charge in [0.1, 0.15) is 0 Å². The van der Waals surface area contributed by atoms with Gasteiger partial charge in [-0.2, -0.15) is 0 Å². The van der Waals surface area contributed by atoms with Crippen LogP contribution >= 0.6 is 0 Å². The summed E-state index contributed by atoms with van der Waals surface area (Å²) in [5, 5.41) is 8.26. The number of hydrogen-bond donors (Lipinski definition) is 3. The van der Waals surface area contributed by atoms with Crippen molar-refractivity contribution in [2.75, 3.05) is 11.9 Å². The molecule has 1 aliphatic heterocycles. The molecule has 112 valence electrons. The molecule has 6 nitrogen and oxygen atoms in total. The lowest BCUT2D eigenvalue weighted by Gasteiger charge is -2.18. The van der Waals surface area contributed by atoms with Crippen molar-refractivity contribution < 1.29 is 9.59 Å². The number of aromatic nitrogens is 1. The lowest BCUT2D eigenvalue weighted by Crippen LogP contribution is -2.33. The van der Waals surface area contributed by atoms with Crippen LogP contribution in [0.3, 0.4) is 0 Å². The minimum absolute atomic E-state index is 0.148. The van der Waals surface area contributed by atoms with Crippen LogP contribution in [0.4, 0.5) is 10.5 Å². The summed E-state index contributed by atoms with van der Waals surface area (Å²) in [7, 11) is 0. The van der Waals surface area contributed by atoms with Gasteiger partial charge in [-0.1, -0.05) is 6.07 Å². The van der Waals surface area contributed by atoms with E-state index in [4.69, 9.17) is 0 Å². The van der Waals surface area contributed by atoms with Gasteiger partial charge in [0, 0.05) is 36.7 Å². The predicted octanol–water partition coefficient (Wildman–Crippen LogP) is 1.69. The smallest absolute Gasteiger partial charge is 0.319 e. The maximum Gasteiger partial charge on any atom is 0.319 e. The summed E-state index contributed by atoms with van der Waals surface area (Å²) in [5.41, 5.74) is 3.31. The summed E-state index contributed by atoms with van der Waals surface area (Å²) in [6, 6.07) is 8.92. The molecule has 0 unspecified atom stereocenters. The summed E-state index contributed by atoms with van der Waals surface area (Å²) < 4.78 is 0. The Morgan fingerprint density at radius 3 is 2.86 bits per heavy atom. The van der Waals surface area contributed by atoms with Crippen LogP contribution in [0.5, 0.6) is 0 Å². The molecule has 0 bridgehead atoms. The first kappa shape index (κ1) is 14.1. The van der Waals surface area contributed by atoms with Gasteiger partial charge in [0.2, 0.25) is 0 Å². The van der Waals surface area contributed by atoms with Crippen LogP contribution in [0.1, 0.15) is 21.5 Å². The highest BCUT2D eigenvalue weighted by atomic mass is 16.2. The van der Waals surface area contributed by atoms with Gasteiger partial charge in [-0.25, -0.2) is 4.79 Å². The second-order valence-electron chi connectivity index (χ2n) is 5.04. The fourth-order valence-electron chi connectivity index (χ4n) is 2.30. The molecule has 0 atom stereocenters. The Labute approximate surface area is 127 Å². The molecule has 3 N–H and O–H groups in total. The first-order valence-corrected chi connectivity index (χ1v) is 7.07. The van der Waals surface area contributed by atoms with Gasteiger partial charge in [-0.15, -0.1) is 0 Å². The maximum absolute atomic E-state index is 12.2. The SMILES string of the molecule is O=C1NCc2ccc(C(=O)NCCc3ccncc3)cc2N1. The number of carbonyl (C=O) groups is 2. The van der Waals surface area contributed by atoms with Gasteiger partial charge in [0.15, 0.2) is 0 Å². The number of urea groups is 1. The lowest BCUT2D eigenvalue weighted by atomic mass is 10.1. The number of nitrogens with one attached hydrogen (secondary N) is 3. The summed E-state index contributed by atoms with van der Waals surface area (Å²) in [5.74, 6) is -0.148. The van der Waals surface area contributed by atoms with E-state index in [0.29, 0.717) is 24.3 Å². The number of carbonyl (C=O) groups excluding carboxylic acids is 2. The summed E-state index contributed by atoms with van der Waals surface area (Å²) in [6.07, 6.45) is 4.22. The van der Waals surface area contributed by atoms with E-state index in [9.17, 15) is 9.59 Å². The van der Waals surface area contributed by atoms with Gasteiger partial charge in [-0.05, 0) is 41.8 Å². The molecule has 0 radical (unpaired) electrons. The lowest BCUT2D eigenvalue weighted by molar-refractivity contribution is 0.0954. The average Bonchev–Trinajstić information content (AvgIpc) is 2.55. The standard InChI is InChI=1S/C16H16N4O2/c21-15(18-8-5-11-3-6-17-7-4-11)12-1-2-13-10-19-16(22)20-14(13)9-12/h1-4,6-7,9H,5,8,10H2,(H,18,21)(H2,19,20,22). The minimum atomic E-state index is -0.247. The van der Waals surface area contributed by atoms with E-state index in [1.54, 1.807) is 24.5 Å². The molecule has 2 heterocycles. The monoisotopic (exact) mass is 296 g/mol. The molecule has 22 heavy (non-hydrogen) atoms. The predicted molar refractivity (Wildman–Crippen MR) is 82.6 cm³/mol. The molecular weight excluding hydrogens is 280 g/mol. The molecule has 3 amide bonds. The third-order valence-electron chi connectivity index (χ3n) is 3.51. The van der Waals surface area contributed by atoms with Gasteiger partial charge < -0.3 is 16.0 Å². The maximum atomic E-state index is 12.2. The molecular formula is C16H16N4O2. The highest BCUT2D eigenvalue weighted by Crippen LogP contribution is 2.20.